The van der Waals surface area contributed by atoms with Gasteiger partial charge in [-0.1, -0.05) is 141 Å². The molecule has 0 saturated heterocycles. The summed E-state index contributed by atoms with van der Waals surface area (Å²) in [7, 11) is 0. The fraction of sp³-hybridized carbons (Fsp3) is 0.200. The van der Waals surface area contributed by atoms with Crippen LogP contribution < -0.4 is 9.30 Å². The van der Waals surface area contributed by atoms with Gasteiger partial charge in [-0.15, -0.1) is 0 Å². The largest absolute Gasteiger partial charge is 0.458 e. The number of imidazole rings is 1. The predicted molar refractivity (Wildman–Crippen MR) is 262 cm³/mol. The number of rotatable bonds is 8. The summed E-state index contributed by atoms with van der Waals surface area (Å²) in [5.74, 6) is 2.80. The van der Waals surface area contributed by atoms with Crippen molar-refractivity contribution in [3.8, 4) is 50.9 Å². The quantitative estimate of drug-likeness (QED) is 0.113. The third-order valence-corrected chi connectivity index (χ3v) is 14.5. The SMILES string of the molecule is [2H]c1c([2H])c([2H])c(-c2cccc(-c3c([2H])c([2H])c([2H])c([2H])c3[2H])c2-[n+]2[c-]n(-c3cccc(Oc4ccc5c6ccccc6n(-c6cc(C78CC9CC(C)(CC(C)(C9)C7)C8)ccn6)c5c4)c3)c3ccccc32)c([2H])c1[2H]. The first-order chi connectivity index (χ1) is 36.0. The van der Waals surface area contributed by atoms with Crippen LogP contribution in [0.1, 0.15) is 71.6 Å². The zero-order chi connectivity index (χ0) is 52.0. The van der Waals surface area contributed by atoms with Crippen LogP contribution in [0.25, 0.3) is 72.3 Å². The molecule has 4 aliphatic carbocycles. The van der Waals surface area contributed by atoms with Crippen molar-refractivity contribution in [2.24, 2.45) is 16.7 Å². The molecule has 316 valence electrons. The van der Waals surface area contributed by atoms with Crippen molar-refractivity contribution < 1.29 is 23.0 Å². The minimum absolute atomic E-state index is 0.121. The Labute approximate surface area is 394 Å². The third kappa shape index (κ3) is 6.27. The van der Waals surface area contributed by atoms with Crippen LogP contribution in [0.4, 0.5) is 0 Å². The van der Waals surface area contributed by atoms with Crippen LogP contribution in [0.3, 0.4) is 0 Å². The molecule has 0 amide bonds. The molecule has 5 nitrogen and oxygen atoms in total. The molecule has 2 unspecified atom stereocenters. The molecule has 4 bridgehead atoms. The van der Waals surface area contributed by atoms with Crippen molar-refractivity contribution in [3.05, 3.63) is 200 Å². The molecular formula is C60H50N4O. The number of hydrogen-bond acceptors (Lipinski definition) is 2. The van der Waals surface area contributed by atoms with Gasteiger partial charge in [0.15, 0.2) is 0 Å². The maximum Gasteiger partial charge on any atom is 0.269 e. The second kappa shape index (κ2) is 14.4. The monoisotopic (exact) mass is 852 g/mol. The highest BCUT2D eigenvalue weighted by molar-refractivity contribution is 6.09. The summed E-state index contributed by atoms with van der Waals surface area (Å²) in [5.41, 5.74) is 6.47. The highest BCUT2D eigenvalue weighted by Gasteiger charge is 2.60. The summed E-state index contributed by atoms with van der Waals surface area (Å²) in [6.07, 6.45) is 13.1. The minimum Gasteiger partial charge on any atom is -0.458 e. The van der Waals surface area contributed by atoms with Crippen molar-refractivity contribution >= 4 is 32.8 Å². The lowest BCUT2D eigenvalue weighted by atomic mass is 9.39. The van der Waals surface area contributed by atoms with Crippen molar-refractivity contribution in [1.82, 2.24) is 14.1 Å². The maximum atomic E-state index is 9.05. The van der Waals surface area contributed by atoms with Crippen LogP contribution in [0.2, 0.25) is 0 Å². The molecule has 3 aromatic heterocycles. The second-order valence-electron chi connectivity index (χ2n) is 19.4. The topological polar surface area (TPSA) is 35.9 Å². The Morgan fingerprint density at radius 2 is 1.29 bits per heavy atom. The Balaban J connectivity index is 0.932. The van der Waals surface area contributed by atoms with Gasteiger partial charge in [0.1, 0.15) is 17.3 Å². The van der Waals surface area contributed by atoms with E-state index in [9.17, 15) is 0 Å². The number of pyridine rings is 1. The van der Waals surface area contributed by atoms with Crippen molar-refractivity contribution in [2.75, 3.05) is 0 Å². The van der Waals surface area contributed by atoms with E-state index in [0.717, 1.165) is 33.5 Å². The van der Waals surface area contributed by atoms with E-state index in [0.29, 0.717) is 39.0 Å². The highest BCUT2D eigenvalue weighted by atomic mass is 16.5. The summed E-state index contributed by atoms with van der Waals surface area (Å²) in [6.45, 7) is 5.05. The Bertz CT molecular complexity index is 3930. The van der Waals surface area contributed by atoms with Gasteiger partial charge in [0.05, 0.1) is 47.1 Å². The van der Waals surface area contributed by atoms with E-state index in [4.69, 9.17) is 23.4 Å². The summed E-state index contributed by atoms with van der Waals surface area (Å²) in [5, 5.41) is 2.20. The fourth-order valence-corrected chi connectivity index (χ4v) is 13.1. The lowest BCUT2D eigenvalue weighted by Crippen LogP contribution is -2.56. The number of fused-ring (bicyclic) bond motifs is 4. The van der Waals surface area contributed by atoms with Crippen molar-refractivity contribution in [2.45, 2.75) is 57.8 Å². The highest BCUT2D eigenvalue weighted by Crippen LogP contribution is 2.70. The molecule has 10 aromatic rings. The van der Waals surface area contributed by atoms with Crippen molar-refractivity contribution in [1.29, 1.82) is 0 Å². The minimum atomic E-state index is -0.560. The summed E-state index contributed by atoms with van der Waals surface area (Å²) < 4.78 is 99.8. The van der Waals surface area contributed by atoms with Gasteiger partial charge in [0, 0.05) is 23.0 Å². The Kier molecular flexibility index (Phi) is 6.47. The van der Waals surface area contributed by atoms with Gasteiger partial charge in [0.2, 0.25) is 0 Å². The third-order valence-electron chi connectivity index (χ3n) is 14.5. The van der Waals surface area contributed by atoms with Gasteiger partial charge < -0.3 is 4.74 Å². The van der Waals surface area contributed by atoms with E-state index in [2.05, 4.69) is 73.3 Å². The average molecular weight is 853 g/mol. The van der Waals surface area contributed by atoms with Gasteiger partial charge >= 0.3 is 0 Å². The molecule has 65 heavy (non-hydrogen) atoms. The van der Waals surface area contributed by atoms with Crippen LogP contribution in [-0.2, 0) is 5.41 Å². The van der Waals surface area contributed by atoms with E-state index >= 15 is 0 Å². The molecular weight excluding hydrogens is 793 g/mol. The van der Waals surface area contributed by atoms with Crippen LogP contribution >= 0.6 is 0 Å². The molecule has 14 rings (SSSR count). The standard InChI is InChI=1S/C60H50N4O/c1-58-34-41-35-59(2,37-58)39-60(36-41,38-58)44-29-30-61-56(31-44)64-52-24-10-9-21-50(52)51-28-27-47(33-55(51)64)65-46-20-13-19-45(32-46)62-40-63(54-26-12-11-25-53(54)62)57-48(42-15-5-3-6-16-42)22-14-23-49(57)43-17-7-4-8-18-43/h3-33,41H,34-39H2,1-2H3/i3D,4D,5D,6D,7D,8D,15D,16D,17D,18D. The molecule has 4 aliphatic rings. The summed E-state index contributed by atoms with van der Waals surface area (Å²) in [4.78, 5) is 5.06. The number of para-hydroxylation sites is 4. The first-order valence-electron chi connectivity index (χ1n) is 27.5. The Morgan fingerprint density at radius 3 is 2.03 bits per heavy atom. The van der Waals surface area contributed by atoms with E-state index < -0.39 is 60.4 Å². The smallest absolute Gasteiger partial charge is 0.269 e. The van der Waals surface area contributed by atoms with Crippen molar-refractivity contribution in [3.63, 3.8) is 0 Å². The lowest BCUT2D eigenvalue weighted by Gasteiger charge is -2.65. The average Bonchev–Trinajstić information content (AvgIpc) is 3.97. The van der Waals surface area contributed by atoms with Crippen LogP contribution in [0, 0.1) is 23.1 Å². The number of nitrogens with zero attached hydrogens (tertiary/aromatic N) is 4. The molecule has 2 atom stereocenters. The van der Waals surface area contributed by atoms with E-state index in [1.54, 1.807) is 22.8 Å². The number of ether oxygens (including phenoxy) is 1. The van der Waals surface area contributed by atoms with Crippen LogP contribution in [-0.4, -0.2) is 14.1 Å². The predicted octanol–water partition coefficient (Wildman–Crippen LogP) is 14.6. The second-order valence-corrected chi connectivity index (χ2v) is 19.4. The maximum absolute atomic E-state index is 9.05. The molecule has 7 aromatic carbocycles. The van der Waals surface area contributed by atoms with E-state index in [1.165, 1.54) is 44.1 Å². The molecule has 0 aliphatic heterocycles. The summed E-state index contributed by atoms with van der Waals surface area (Å²) >= 11 is 0. The Hall–Kier alpha value is -7.24. The lowest BCUT2D eigenvalue weighted by molar-refractivity contribution is -0.571. The van der Waals surface area contributed by atoms with E-state index in [-0.39, 0.29) is 33.4 Å². The van der Waals surface area contributed by atoms with E-state index in [1.807, 2.05) is 65.4 Å². The summed E-state index contributed by atoms with van der Waals surface area (Å²) in [6, 6.07) is 33.9. The molecule has 5 heteroatoms. The van der Waals surface area contributed by atoms with Gasteiger partial charge in [-0.2, -0.15) is 0 Å². The Morgan fingerprint density at radius 1 is 0.631 bits per heavy atom. The molecule has 0 N–H and O–H groups in total. The van der Waals surface area contributed by atoms with Gasteiger partial charge in [-0.25, -0.2) is 4.98 Å². The molecule has 0 spiro atoms. The number of aromatic nitrogens is 4. The normalized spacial score (nSPS) is 24.4. The first-order valence-corrected chi connectivity index (χ1v) is 22.5. The van der Waals surface area contributed by atoms with Gasteiger partial charge in [-0.05, 0) is 137 Å². The fourth-order valence-electron chi connectivity index (χ4n) is 13.1. The molecule has 3 heterocycles. The van der Waals surface area contributed by atoms with Crippen LogP contribution in [0.15, 0.2) is 188 Å². The molecule has 4 saturated carbocycles. The number of hydrogen-bond donors (Lipinski definition) is 0. The van der Waals surface area contributed by atoms with Gasteiger partial charge in [-0.3, -0.25) is 13.7 Å². The van der Waals surface area contributed by atoms with Crippen LogP contribution in [0.5, 0.6) is 11.5 Å². The molecule has 4 fully saturated rings. The zero-order valence-electron chi connectivity index (χ0n) is 46.1. The van der Waals surface area contributed by atoms with Gasteiger partial charge in [0.25, 0.3) is 6.33 Å². The molecule has 0 radical (unpaired) electrons. The zero-order valence-corrected chi connectivity index (χ0v) is 36.1. The first kappa shape index (κ1) is 29.3. The number of benzene rings is 7.